The molecule has 3 N–H and O–H groups in total. The van der Waals surface area contributed by atoms with E-state index in [4.69, 9.17) is 0 Å². The average Bonchev–Trinajstić information content (AvgIpc) is 2.67. The summed E-state index contributed by atoms with van der Waals surface area (Å²) in [6, 6.07) is 11.9. The van der Waals surface area contributed by atoms with Crippen molar-refractivity contribution in [2.75, 3.05) is 27.8 Å². The summed E-state index contributed by atoms with van der Waals surface area (Å²) in [5.41, 5.74) is 2.49. The van der Waals surface area contributed by atoms with E-state index in [2.05, 4.69) is 20.0 Å². The molecule has 0 aliphatic heterocycles. The number of aromatic hydroxyl groups is 1. The van der Waals surface area contributed by atoms with Crippen LogP contribution in [0.1, 0.15) is 12.5 Å². The number of hydrogen-bond donors (Lipinski definition) is 3. The Hall–Kier alpha value is -2.72. The number of phenolic OH excluding ortho intramolecular Hbond substituents is 1. The highest BCUT2D eigenvalue weighted by Crippen LogP contribution is 2.30. The largest absolute Gasteiger partial charge is 0.508 e. The minimum atomic E-state index is -3.58. The number of rotatable bonds is 8. The van der Waals surface area contributed by atoms with Crippen LogP contribution in [0.5, 0.6) is 5.75 Å². The lowest BCUT2D eigenvalue weighted by Crippen LogP contribution is -2.17. The van der Waals surface area contributed by atoms with Gasteiger partial charge in [0.1, 0.15) is 5.75 Å². The van der Waals surface area contributed by atoms with Gasteiger partial charge in [0, 0.05) is 34.6 Å². The van der Waals surface area contributed by atoms with Crippen molar-refractivity contribution in [1.82, 2.24) is 9.97 Å². The predicted molar refractivity (Wildman–Crippen MR) is 117 cm³/mol. The molecule has 0 radical (unpaired) electrons. The van der Waals surface area contributed by atoms with E-state index in [-0.39, 0.29) is 23.1 Å². The maximum Gasteiger partial charge on any atom is 0.233 e. The molecular weight excluding hydrogens is 412 g/mol. The molecule has 8 nitrogen and oxygen atoms in total. The van der Waals surface area contributed by atoms with Crippen LogP contribution in [-0.2, 0) is 27.2 Å². The van der Waals surface area contributed by atoms with Gasteiger partial charge in [-0.2, -0.15) is 0 Å². The first-order valence-corrected chi connectivity index (χ1v) is 12.3. The smallest absolute Gasteiger partial charge is 0.233 e. The molecule has 154 valence electrons. The Labute approximate surface area is 171 Å². The third-order valence-corrected chi connectivity index (χ3v) is 6.25. The zero-order valence-electron chi connectivity index (χ0n) is 16.0. The fraction of sp³-hybridized carbons (Fsp3) is 0.263. The maximum atomic E-state index is 12.1. The average molecular weight is 435 g/mol. The Morgan fingerprint density at radius 3 is 2.34 bits per heavy atom. The Balaban J connectivity index is 2.07. The predicted octanol–water partition coefficient (Wildman–Crippen LogP) is 2.76. The molecule has 0 fully saturated rings. The van der Waals surface area contributed by atoms with Crippen molar-refractivity contribution in [3.05, 3.63) is 48.0 Å². The molecule has 0 saturated heterocycles. The van der Waals surface area contributed by atoms with Gasteiger partial charge in [0.05, 0.1) is 16.8 Å². The van der Waals surface area contributed by atoms with E-state index in [0.29, 0.717) is 28.9 Å². The van der Waals surface area contributed by atoms with Gasteiger partial charge >= 0.3 is 0 Å². The molecule has 0 aliphatic rings. The summed E-state index contributed by atoms with van der Waals surface area (Å²) in [5.74, 6) is 0.668. The summed E-state index contributed by atoms with van der Waals surface area (Å²) >= 11 is 0. The summed E-state index contributed by atoms with van der Waals surface area (Å²) in [6.07, 6.45) is 2.14. The number of nitrogens with one attached hydrogen (secondary N) is 2. The van der Waals surface area contributed by atoms with Crippen molar-refractivity contribution in [3.8, 4) is 5.75 Å². The highest BCUT2D eigenvalue weighted by Gasteiger charge is 2.16. The van der Waals surface area contributed by atoms with Gasteiger partial charge in [-0.05, 0) is 37.1 Å². The molecule has 3 rings (SSSR count). The second kappa shape index (κ2) is 8.75. The zero-order chi connectivity index (χ0) is 21.0. The molecule has 2 aromatic carbocycles. The first-order valence-electron chi connectivity index (χ1n) is 8.93. The highest BCUT2D eigenvalue weighted by atomic mass is 32.2. The molecule has 29 heavy (non-hydrogen) atoms. The van der Waals surface area contributed by atoms with Crippen molar-refractivity contribution in [1.29, 1.82) is 0 Å². The van der Waals surface area contributed by atoms with Gasteiger partial charge in [0.25, 0.3) is 0 Å². The Morgan fingerprint density at radius 2 is 1.72 bits per heavy atom. The molecule has 0 aliphatic carbocycles. The van der Waals surface area contributed by atoms with Crippen LogP contribution in [0.15, 0.2) is 42.5 Å². The van der Waals surface area contributed by atoms with Gasteiger partial charge < -0.3 is 10.4 Å². The van der Waals surface area contributed by atoms with Gasteiger partial charge in [-0.3, -0.25) is 8.93 Å². The minimum Gasteiger partial charge on any atom is -0.508 e. The standard InChI is InChI=1S/C19H22N4O4S2/c1-3-29(26,27)23-19-18(20-15-6-4-5-7-16(15)21-19)22-17-12-14(24)9-8-13(17)10-11-28(2)25/h4-9,12,24H,3,10-11H2,1-2H3,(H,20,22)(H,21,23). The summed E-state index contributed by atoms with van der Waals surface area (Å²) in [6.45, 7) is 1.53. The third-order valence-electron chi connectivity index (χ3n) is 4.21. The number of phenols is 1. The minimum absolute atomic E-state index is 0.0401. The topological polar surface area (TPSA) is 121 Å². The van der Waals surface area contributed by atoms with Crippen molar-refractivity contribution in [3.63, 3.8) is 0 Å². The summed E-state index contributed by atoms with van der Waals surface area (Å²) in [7, 11) is -4.55. The van der Waals surface area contributed by atoms with Crippen LogP contribution in [0.3, 0.4) is 0 Å². The Kier molecular flexibility index (Phi) is 6.33. The van der Waals surface area contributed by atoms with Crippen LogP contribution in [0, 0.1) is 0 Å². The number of sulfonamides is 1. The SMILES string of the molecule is CCS(=O)(=O)Nc1nc2ccccc2nc1Nc1cc(O)ccc1CCS(C)=O. The lowest BCUT2D eigenvalue weighted by Gasteiger charge is -2.16. The van der Waals surface area contributed by atoms with Crippen molar-refractivity contribution in [2.45, 2.75) is 13.3 Å². The molecule has 0 bridgehead atoms. The molecule has 1 aromatic heterocycles. The molecule has 0 saturated carbocycles. The molecule has 0 amide bonds. The monoisotopic (exact) mass is 434 g/mol. The second-order valence-corrected chi connectivity index (χ2v) is 9.97. The quantitative estimate of drug-likeness (QED) is 0.498. The van der Waals surface area contributed by atoms with Crippen LogP contribution < -0.4 is 10.0 Å². The van der Waals surface area contributed by atoms with Gasteiger partial charge in [-0.25, -0.2) is 18.4 Å². The summed E-state index contributed by atoms with van der Waals surface area (Å²) < 4.78 is 38.2. The number of aromatic nitrogens is 2. The normalized spacial score (nSPS) is 12.6. The van der Waals surface area contributed by atoms with Crippen molar-refractivity contribution in [2.24, 2.45) is 0 Å². The maximum absolute atomic E-state index is 12.1. The van der Waals surface area contributed by atoms with Gasteiger partial charge in [-0.1, -0.05) is 18.2 Å². The van der Waals surface area contributed by atoms with Crippen LogP contribution in [0.25, 0.3) is 11.0 Å². The number of benzene rings is 2. The Bertz CT molecular complexity index is 1170. The second-order valence-electron chi connectivity index (χ2n) is 6.41. The number of para-hydroxylation sites is 2. The van der Waals surface area contributed by atoms with Gasteiger partial charge in [0.15, 0.2) is 11.6 Å². The Morgan fingerprint density at radius 1 is 1.07 bits per heavy atom. The molecule has 0 spiro atoms. The lowest BCUT2D eigenvalue weighted by molar-refractivity contribution is 0.475. The molecule has 10 heteroatoms. The fourth-order valence-corrected chi connectivity index (χ4v) is 3.75. The van der Waals surface area contributed by atoms with Crippen LogP contribution >= 0.6 is 0 Å². The molecule has 1 atom stereocenters. The lowest BCUT2D eigenvalue weighted by atomic mass is 10.1. The van der Waals surface area contributed by atoms with Gasteiger partial charge in [0.2, 0.25) is 10.0 Å². The van der Waals surface area contributed by atoms with Crippen LogP contribution in [-0.4, -0.2) is 45.5 Å². The van der Waals surface area contributed by atoms with E-state index in [1.807, 2.05) is 6.07 Å². The first kappa shape index (κ1) is 21.0. The zero-order valence-corrected chi connectivity index (χ0v) is 17.7. The van der Waals surface area contributed by atoms with Gasteiger partial charge in [-0.15, -0.1) is 0 Å². The van der Waals surface area contributed by atoms with Crippen molar-refractivity contribution >= 4 is 49.2 Å². The van der Waals surface area contributed by atoms with E-state index < -0.39 is 20.8 Å². The van der Waals surface area contributed by atoms with Crippen LogP contribution in [0.4, 0.5) is 17.3 Å². The number of fused-ring (bicyclic) bond motifs is 1. The first-order chi connectivity index (χ1) is 13.8. The van der Waals surface area contributed by atoms with E-state index in [1.54, 1.807) is 36.6 Å². The molecular formula is C19H22N4O4S2. The highest BCUT2D eigenvalue weighted by molar-refractivity contribution is 7.92. The number of nitrogens with zero attached hydrogens (tertiary/aromatic N) is 2. The molecule has 1 unspecified atom stereocenters. The fourth-order valence-electron chi connectivity index (χ4n) is 2.66. The van der Waals surface area contributed by atoms with E-state index in [0.717, 1.165) is 5.56 Å². The summed E-state index contributed by atoms with van der Waals surface area (Å²) in [4.78, 5) is 8.92. The van der Waals surface area contributed by atoms with Crippen LogP contribution in [0.2, 0.25) is 0 Å². The van der Waals surface area contributed by atoms with E-state index in [1.165, 1.54) is 13.0 Å². The summed E-state index contributed by atoms with van der Waals surface area (Å²) in [5, 5.41) is 13.0. The van der Waals surface area contributed by atoms with Crippen molar-refractivity contribution < 1.29 is 17.7 Å². The van der Waals surface area contributed by atoms with E-state index in [9.17, 15) is 17.7 Å². The van der Waals surface area contributed by atoms with E-state index >= 15 is 0 Å². The third kappa shape index (κ3) is 5.42. The molecule has 1 heterocycles. The number of hydrogen-bond acceptors (Lipinski definition) is 7. The number of aryl methyl sites for hydroxylation is 1. The molecule has 3 aromatic rings. The number of anilines is 3.